The third-order valence-electron chi connectivity index (χ3n) is 6.85. The van der Waals surface area contributed by atoms with E-state index < -0.39 is 0 Å². The maximum absolute atomic E-state index is 11.1. The first-order chi connectivity index (χ1) is 17.6. The average Bonchev–Trinajstić information content (AvgIpc) is 3.58. The average molecular weight is 487 g/mol. The summed E-state index contributed by atoms with van der Waals surface area (Å²) in [6.07, 6.45) is 6.37. The molecule has 8 heteroatoms. The molecule has 0 atom stereocenters. The number of carbonyl (C=O) groups is 1. The van der Waals surface area contributed by atoms with Crippen LogP contribution in [0.2, 0.25) is 0 Å². The van der Waals surface area contributed by atoms with Crippen molar-refractivity contribution in [2.45, 2.75) is 64.2 Å². The Labute approximate surface area is 210 Å². The molecular weight excluding hydrogens is 456 g/mol. The van der Waals surface area contributed by atoms with Crippen molar-refractivity contribution in [2.24, 2.45) is 0 Å². The highest BCUT2D eigenvalue weighted by Gasteiger charge is 2.22. The molecule has 2 aromatic carbocycles. The van der Waals surface area contributed by atoms with E-state index in [1.807, 2.05) is 24.3 Å². The van der Waals surface area contributed by atoms with Crippen LogP contribution in [0.4, 0.5) is 0 Å². The molecule has 186 valence electrons. The highest BCUT2D eigenvalue weighted by molar-refractivity contribution is 5.66. The minimum atomic E-state index is -0.204. The molecule has 36 heavy (non-hydrogen) atoms. The number of rotatable bonds is 7. The molecule has 0 radical (unpaired) electrons. The monoisotopic (exact) mass is 486 g/mol. The van der Waals surface area contributed by atoms with Gasteiger partial charge in [0.15, 0.2) is 0 Å². The standard InChI is InChI=1S/C28H30N4O4/c1-19(33)34-25-12-14-32(15-13-25)18-20-6-8-21(9-7-20)27-30-28(36-31-27)22-10-11-26(23(16-22)17-29)35-24-4-2-3-5-24/h6-11,16,24-25H,2-5,12-15,18H2,1H3. The Balaban J connectivity index is 1.21. The largest absolute Gasteiger partial charge is 0.489 e. The molecule has 1 aromatic heterocycles. The van der Waals surface area contributed by atoms with Crippen molar-refractivity contribution in [3.8, 4) is 34.7 Å². The lowest BCUT2D eigenvalue weighted by Gasteiger charge is -2.31. The molecule has 0 amide bonds. The number of likely N-dealkylation sites (tertiary alicyclic amines) is 1. The number of hydrogen-bond acceptors (Lipinski definition) is 8. The Morgan fingerprint density at radius 3 is 2.47 bits per heavy atom. The van der Waals surface area contributed by atoms with Crippen molar-refractivity contribution in [3.05, 3.63) is 53.6 Å². The fraction of sp³-hybridized carbons (Fsp3) is 0.429. The summed E-state index contributed by atoms with van der Waals surface area (Å²) in [5, 5.41) is 13.8. The van der Waals surface area contributed by atoms with Crippen LogP contribution in [0.3, 0.4) is 0 Å². The minimum absolute atomic E-state index is 0.0360. The van der Waals surface area contributed by atoms with Crippen molar-refractivity contribution in [1.29, 1.82) is 5.26 Å². The van der Waals surface area contributed by atoms with Gasteiger partial charge in [-0.2, -0.15) is 10.2 Å². The summed E-state index contributed by atoms with van der Waals surface area (Å²) < 4.78 is 16.9. The maximum Gasteiger partial charge on any atom is 0.302 e. The van der Waals surface area contributed by atoms with Crippen LogP contribution in [0.5, 0.6) is 5.75 Å². The Morgan fingerprint density at radius 2 is 1.78 bits per heavy atom. The Morgan fingerprint density at radius 1 is 1.06 bits per heavy atom. The van der Waals surface area contributed by atoms with Crippen molar-refractivity contribution >= 4 is 5.97 Å². The molecule has 0 unspecified atom stereocenters. The second kappa shape index (κ2) is 10.9. The number of nitriles is 1. The van der Waals surface area contributed by atoms with Crippen LogP contribution in [0.15, 0.2) is 47.0 Å². The van der Waals surface area contributed by atoms with Gasteiger partial charge in [0.1, 0.15) is 17.9 Å². The number of ether oxygens (including phenoxy) is 2. The molecule has 1 aliphatic heterocycles. The van der Waals surface area contributed by atoms with Crippen LogP contribution < -0.4 is 4.74 Å². The van der Waals surface area contributed by atoms with E-state index in [0.717, 1.165) is 50.9 Å². The van der Waals surface area contributed by atoms with Crippen molar-refractivity contribution in [1.82, 2.24) is 15.0 Å². The topological polar surface area (TPSA) is 101 Å². The number of benzene rings is 2. The summed E-state index contributed by atoms with van der Waals surface area (Å²) in [5.74, 6) is 1.28. The zero-order valence-corrected chi connectivity index (χ0v) is 20.5. The van der Waals surface area contributed by atoms with Gasteiger partial charge in [-0.05, 0) is 62.3 Å². The van der Waals surface area contributed by atoms with Gasteiger partial charge >= 0.3 is 5.97 Å². The van der Waals surface area contributed by atoms with Crippen molar-refractivity contribution < 1.29 is 18.8 Å². The minimum Gasteiger partial charge on any atom is -0.489 e. The molecule has 8 nitrogen and oxygen atoms in total. The Bertz CT molecular complexity index is 1230. The SMILES string of the molecule is CC(=O)OC1CCN(Cc2ccc(-c3noc(-c4ccc(OC5CCCC5)c(C#N)c4)n3)cc2)CC1. The van der Waals surface area contributed by atoms with E-state index in [1.165, 1.54) is 25.3 Å². The number of piperidine rings is 1. The van der Waals surface area contributed by atoms with E-state index in [2.05, 4.69) is 33.2 Å². The van der Waals surface area contributed by atoms with Crippen molar-refractivity contribution in [2.75, 3.05) is 13.1 Å². The first-order valence-electron chi connectivity index (χ1n) is 12.6. The quantitative estimate of drug-likeness (QED) is 0.424. The van der Waals surface area contributed by atoms with Crippen LogP contribution in [0.1, 0.15) is 56.6 Å². The Kier molecular flexibility index (Phi) is 7.28. The zero-order chi connectivity index (χ0) is 24.9. The summed E-state index contributed by atoms with van der Waals surface area (Å²) in [5.41, 5.74) is 3.23. The van der Waals surface area contributed by atoms with Gasteiger partial charge in [0.25, 0.3) is 5.89 Å². The van der Waals surface area contributed by atoms with Gasteiger partial charge in [0.05, 0.1) is 11.7 Å². The molecule has 2 aliphatic rings. The molecule has 0 bridgehead atoms. The van der Waals surface area contributed by atoms with Crippen molar-refractivity contribution in [3.63, 3.8) is 0 Å². The lowest BCUT2D eigenvalue weighted by molar-refractivity contribution is -0.148. The number of aromatic nitrogens is 2. The molecular formula is C28H30N4O4. The molecule has 5 rings (SSSR count). The van der Waals surface area contributed by atoms with E-state index >= 15 is 0 Å². The van der Waals surface area contributed by atoms with Gasteiger partial charge in [-0.3, -0.25) is 9.69 Å². The summed E-state index contributed by atoms with van der Waals surface area (Å²) in [6.45, 7) is 4.12. The first-order valence-corrected chi connectivity index (χ1v) is 12.6. The summed E-state index contributed by atoms with van der Waals surface area (Å²) in [6, 6.07) is 15.8. The second-order valence-electron chi connectivity index (χ2n) is 9.55. The highest BCUT2D eigenvalue weighted by Crippen LogP contribution is 2.30. The van der Waals surface area contributed by atoms with Gasteiger partial charge < -0.3 is 14.0 Å². The first kappa shape index (κ1) is 24.0. The molecule has 0 N–H and O–H groups in total. The fourth-order valence-electron chi connectivity index (χ4n) is 4.93. The molecule has 2 fully saturated rings. The predicted octanol–water partition coefficient (Wildman–Crippen LogP) is 5.12. The molecule has 2 heterocycles. The van der Waals surface area contributed by atoms with Gasteiger partial charge in [-0.25, -0.2) is 0 Å². The van der Waals surface area contributed by atoms with Crippen LogP contribution in [0, 0.1) is 11.3 Å². The number of nitrogens with zero attached hydrogens (tertiary/aromatic N) is 4. The lowest BCUT2D eigenvalue weighted by atomic mass is 10.1. The Hall–Kier alpha value is -3.70. The maximum atomic E-state index is 11.1. The van der Waals surface area contributed by atoms with Crippen LogP contribution in [-0.2, 0) is 16.1 Å². The number of hydrogen-bond donors (Lipinski definition) is 0. The number of esters is 1. The third-order valence-corrected chi connectivity index (χ3v) is 6.85. The molecule has 1 saturated heterocycles. The second-order valence-corrected chi connectivity index (χ2v) is 9.55. The molecule has 0 spiro atoms. The van der Waals surface area contributed by atoms with Gasteiger partial charge in [-0.1, -0.05) is 29.4 Å². The van der Waals surface area contributed by atoms with E-state index in [-0.39, 0.29) is 18.2 Å². The highest BCUT2D eigenvalue weighted by atomic mass is 16.5. The molecule has 1 aliphatic carbocycles. The van der Waals surface area contributed by atoms with Crippen LogP contribution in [-0.4, -0.2) is 46.3 Å². The van der Waals surface area contributed by atoms with Gasteiger partial charge in [0.2, 0.25) is 5.82 Å². The fourth-order valence-corrected chi connectivity index (χ4v) is 4.93. The summed E-state index contributed by atoms with van der Waals surface area (Å²) in [7, 11) is 0. The van der Waals surface area contributed by atoms with Gasteiger partial charge in [0, 0.05) is 37.7 Å². The summed E-state index contributed by atoms with van der Waals surface area (Å²) in [4.78, 5) is 18.1. The molecule has 1 saturated carbocycles. The zero-order valence-electron chi connectivity index (χ0n) is 20.5. The smallest absolute Gasteiger partial charge is 0.302 e. The molecule has 3 aromatic rings. The third kappa shape index (κ3) is 5.74. The van der Waals surface area contributed by atoms with E-state index in [0.29, 0.717) is 28.6 Å². The lowest BCUT2D eigenvalue weighted by Crippen LogP contribution is -2.37. The summed E-state index contributed by atoms with van der Waals surface area (Å²) >= 11 is 0. The van der Waals surface area contributed by atoms with Crippen LogP contribution >= 0.6 is 0 Å². The van der Waals surface area contributed by atoms with E-state index in [1.54, 1.807) is 6.07 Å². The van der Waals surface area contributed by atoms with Crippen LogP contribution in [0.25, 0.3) is 22.8 Å². The van der Waals surface area contributed by atoms with Gasteiger partial charge in [-0.15, -0.1) is 0 Å². The van der Waals surface area contributed by atoms with E-state index in [4.69, 9.17) is 14.0 Å². The van der Waals surface area contributed by atoms with E-state index in [9.17, 15) is 10.1 Å². The normalized spacial score (nSPS) is 17.1. The number of carbonyl (C=O) groups excluding carboxylic acids is 1. The predicted molar refractivity (Wildman–Crippen MR) is 133 cm³/mol.